The number of ketones is 1. The molecule has 0 aromatic heterocycles. The first kappa shape index (κ1) is 12.3. The first-order valence-corrected chi connectivity index (χ1v) is 6.93. The zero-order valence-electron chi connectivity index (χ0n) is 9.89. The summed E-state index contributed by atoms with van der Waals surface area (Å²) in [4.78, 5) is 13.8. The maximum Gasteiger partial charge on any atom is 0.203 e. The van der Waals surface area contributed by atoms with Crippen molar-refractivity contribution in [2.24, 2.45) is 5.73 Å². The molecule has 1 heterocycles. The number of Topliss-reactive ketones (excluding diaryl/α,β-unsaturated/α-hetero) is 1. The van der Waals surface area contributed by atoms with Gasteiger partial charge >= 0.3 is 0 Å². The van der Waals surface area contributed by atoms with Crippen LogP contribution in [0.15, 0.2) is 58.3 Å². The molecule has 2 aromatic carbocycles. The third-order valence-corrected chi connectivity index (χ3v) is 4.35. The maximum atomic E-state index is 12.3. The predicted molar refractivity (Wildman–Crippen MR) is 79.2 cm³/mol. The Morgan fingerprint density at radius 3 is 2.58 bits per heavy atom. The van der Waals surface area contributed by atoms with Crippen LogP contribution in [0.5, 0.6) is 0 Å². The van der Waals surface area contributed by atoms with Crippen molar-refractivity contribution in [2.75, 3.05) is 0 Å². The lowest BCUT2D eigenvalue weighted by molar-refractivity contribution is 0.104. The van der Waals surface area contributed by atoms with E-state index in [-0.39, 0.29) is 5.78 Å². The van der Waals surface area contributed by atoms with Gasteiger partial charge in [-0.15, -0.1) is 0 Å². The standard InChI is InChI=1S/C15H10ClNOS/c16-10-6-7-12-11(8-10)14(18)15(19-12)13(17)9-4-2-1-3-5-9/h1-8H,17H2. The van der Waals surface area contributed by atoms with E-state index >= 15 is 0 Å². The van der Waals surface area contributed by atoms with Gasteiger partial charge in [-0.1, -0.05) is 53.7 Å². The molecule has 1 aliphatic heterocycles. The summed E-state index contributed by atoms with van der Waals surface area (Å²) >= 11 is 7.33. The van der Waals surface area contributed by atoms with Gasteiger partial charge in [-0.05, 0) is 23.8 Å². The Bertz CT molecular complexity index is 695. The molecule has 1 aliphatic rings. The van der Waals surface area contributed by atoms with E-state index in [4.69, 9.17) is 17.3 Å². The molecule has 0 radical (unpaired) electrons. The van der Waals surface area contributed by atoms with E-state index in [9.17, 15) is 4.79 Å². The predicted octanol–water partition coefficient (Wildman–Crippen LogP) is 3.96. The molecule has 0 spiro atoms. The fourth-order valence-electron chi connectivity index (χ4n) is 1.97. The van der Waals surface area contributed by atoms with Crippen molar-refractivity contribution in [2.45, 2.75) is 4.90 Å². The molecule has 0 bridgehead atoms. The minimum absolute atomic E-state index is 0.0520. The van der Waals surface area contributed by atoms with Gasteiger partial charge in [0, 0.05) is 15.5 Å². The average Bonchev–Trinajstić information content (AvgIpc) is 2.76. The highest BCUT2D eigenvalue weighted by molar-refractivity contribution is 8.05. The van der Waals surface area contributed by atoms with Gasteiger partial charge in [0.1, 0.15) is 0 Å². The van der Waals surface area contributed by atoms with Crippen LogP contribution in [0.1, 0.15) is 15.9 Å². The SMILES string of the molecule is NC(=C1Sc2ccc(Cl)cc2C1=O)c1ccccc1. The molecule has 2 aromatic rings. The summed E-state index contributed by atoms with van der Waals surface area (Å²) in [6, 6.07) is 14.8. The van der Waals surface area contributed by atoms with Crippen molar-refractivity contribution >= 4 is 34.8 Å². The van der Waals surface area contributed by atoms with E-state index in [0.29, 0.717) is 21.2 Å². The van der Waals surface area contributed by atoms with Crippen LogP contribution in [-0.2, 0) is 0 Å². The van der Waals surface area contributed by atoms with Gasteiger partial charge in [-0.3, -0.25) is 4.79 Å². The molecule has 3 rings (SSSR count). The van der Waals surface area contributed by atoms with Crippen molar-refractivity contribution < 1.29 is 4.79 Å². The monoisotopic (exact) mass is 287 g/mol. The Kier molecular flexibility index (Phi) is 3.09. The molecule has 0 saturated heterocycles. The minimum Gasteiger partial charge on any atom is -0.397 e. The van der Waals surface area contributed by atoms with E-state index in [0.717, 1.165) is 10.5 Å². The fraction of sp³-hybridized carbons (Fsp3) is 0. The number of halogens is 1. The highest BCUT2D eigenvalue weighted by atomic mass is 35.5. The molecule has 2 N–H and O–H groups in total. The Morgan fingerprint density at radius 1 is 1.11 bits per heavy atom. The van der Waals surface area contributed by atoms with Gasteiger partial charge in [0.2, 0.25) is 5.78 Å². The third kappa shape index (κ3) is 2.15. The third-order valence-electron chi connectivity index (χ3n) is 2.93. The second-order valence-electron chi connectivity index (χ2n) is 4.18. The van der Waals surface area contributed by atoms with Crippen LogP contribution < -0.4 is 5.73 Å². The Hall–Kier alpha value is -1.71. The average molecular weight is 288 g/mol. The molecule has 0 amide bonds. The molecule has 94 valence electrons. The van der Waals surface area contributed by atoms with Crippen LogP contribution in [-0.4, -0.2) is 5.78 Å². The number of carbonyl (C=O) groups excluding carboxylic acids is 1. The van der Waals surface area contributed by atoms with Crippen molar-refractivity contribution in [3.8, 4) is 0 Å². The molecule has 0 fully saturated rings. The molecule has 0 atom stereocenters. The molecule has 0 aliphatic carbocycles. The van der Waals surface area contributed by atoms with Gasteiger partial charge in [0.05, 0.1) is 10.6 Å². The van der Waals surface area contributed by atoms with Crippen LogP contribution in [0.2, 0.25) is 5.02 Å². The lowest BCUT2D eigenvalue weighted by atomic mass is 10.1. The topological polar surface area (TPSA) is 43.1 Å². The summed E-state index contributed by atoms with van der Waals surface area (Å²) in [5.74, 6) is -0.0520. The van der Waals surface area contributed by atoms with Gasteiger partial charge in [0.15, 0.2) is 0 Å². The number of allylic oxidation sites excluding steroid dienone is 1. The molecular formula is C15H10ClNOS. The molecule has 19 heavy (non-hydrogen) atoms. The second-order valence-corrected chi connectivity index (χ2v) is 5.67. The van der Waals surface area contributed by atoms with Crippen LogP contribution in [0.4, 0.5) is 0 Å². The molecule has 0 unspecified atom stereocenters. The van der Waals surface area contributed by atoms with Crippen molar-refractivity contribution in [3.05, 3.63) is 69.6 Å². The number of carbonyl (C=O) groups is 1. The molecule has 2 nitrogen and oxygen atoms in total. The van der Waals surface area contributed by atoms with Crippen molar-refractivity contribution in [1.29, 1.82) is 0 Å². The summed E-state index contributed by atoms with van der Waals surface area (Å²) in [6.45, 7) is 0. The van der Waals surface area contributed by atoms with Crippen molar-refractivity contribution in [1.82, 2.24) is 0 Å². The number of thioether (sulfide) groups is 1. The Morgan fingerprint density at radius 2 is 1.84 bits per heavy atom. The van der Waals surface area contributed by atoms with Crippen LogP contribution in [0.25, 0.3) is 5.70 Å². The van der Waals surface area contributed by atoms with Crippen molar-refractivity contribution in [3.63, 3.8) is 0 Å². The normalized spacial score (nSPS) is 16.4. The first-order chi connectivity index (χ1) is 9.16. The molecule has 4 heteroatoms. The largest absolute Gasteiger partial charge is 0.397 e. The van der Waals surface area contributed by atoms with Gasteiger partial charge in [0.25, 0.3) is 0 Å². The number of hydrogen-bond donors (Lipinski definition) is 1. The van der Waals surface area contributed by atoms with Gasteiger partial charge in [-0.25, -0.2) is 0 Å². The summed E-state index contributed by atoms with van der Waals surface area (Å²) in [6.07, 6.45) is 0. The first-order valence-electron chi connectivity index (χ1n) is 5.74. The lowest BCUT2D eigenvalue weighted by Gasteiger charge is -2.04. The second kappa shape index (κ2) is 4.76. The smallest absolute Gasteiger partial charge is 0.203 e. The number of rotatable bonds is 1. The lowest BCUT2D eigenvalue weighted by Crippen LogP contribution is -2.04. The Balaban J connectivity index is 2.09. The van der Waals surface area contributed by atoms with E-state index < -0.39 is 0 Å². The van der Waals surface area contributed by atoms with Crippen LogP contribution >= 0.6 is 23.4 Å². The molecule has 0 saturated carbocycles. The van der Waals surface area contributed by atoms with E-state index in [1.165, 1.54) is 11.8 Å². The highest BCUT2D eigenvalue weighted by Gasteiger charge is 2.28. The fourth-order valence-corrected chi connectivity index (χ4v) is 3.19. The summed E-state index contributed by atoms with van der Waals surface area (Å²) in [5, 5.41) is 0.562. The summed E-state index contributed by atoms with van der Waals surface area (Å²) < 4.78 is 0. The Labute approximate surface area is 120 Å². The van der Waals surface area contributed by atoms with E-state index in [2.05, 4.69) is 0 Å². The zero-order valence-corrected chi connectivity index (χ0v) is 11.5. The summed E-state index contributed by atoms with van der Waals surface area (Å²) in [7, 11) is 0. The van der Waals surface area contributed by atoms with Gasteiger partial charge < -0.3 is 5.73 Å². The van der Waals surface area contributed by atoms with Crippen LogP contribution in [0.3, 0.4) is 0 Å². The molecular weight excluding hydrogens is 278 g/mol. The van der Waals surface area contributed by atoms with Gasteiger partial charge in [-0.2, -0.15) is 0 Å². The zero-order chi connectivity index (χ0) is 13.4. The summed E-state index contributed by atoms with van der Waals surface area (Å²) in [5.41, 5.74) is 8.12. The van der Waals surface area contributed by atoms with Crippen LogP contribution in [0, 0.1) is 0 Å². The number of nitrogens with two attached hydrogens (primary N) is 1. The quantitative estimate of drug-likeness (QED) is 0.808. The number of fused-ring (bicyclic) bond motifs is 1. The number of benzene rings is 2. The number of hydrogen-bond acceptors (Lipinski definition) is 3. The highest BCUT2D eigenvalue weighted by Crippen LogP contribution is 2.43. The van der Waals surface area contributed by atoms with E-state index in [1.54, 1.807) is 12.1 Å². The maximum absolute atomic E-state index is 12.3. The minimum atomic E-state index is -0.0520. The van der Waals surface area contributed by atoms with E-state index in [1.807, 2.05) is 36.4 Å².